The second-order valence-electron chi connectivity index (χ2n) is 7.22. The number of carbonyl (C=O) groups excluding carboxylic acids is 1. The molecule has 3 rings (SSSR count). The van der Waals surface area contributed by atoms with Gasteiger partial charge in [-0.1, -0.05) is 24.3 Å². The van der Waals surface area contributed by atoms with Gasteiger partial charge in [0.1, 0.15) is 5.82 Å². The molecule has 1 aromatic carbocycles. The maximum atomic E-state index is 12.7. The van der Waals surface area contributed by atoms with Gasteiger partial charge < -0.3 is 10.2 Å². The van der Waals surface area contributed by atoms with Crippen LogP contribution in [0.3, 0.4) is 0 Å². The van der Waals surface area contributed by atoms with Gasteiger partial charge >= 0.3 is 6.18 Å². The zero-order valence-corrected chi connectivity index (χ0v) is 16.4. The quantitative estimate of drug-likeness (QED) is 0.828. The van der Waals surface area contributed by atoms with Gasteiger partial charge in [-0.2, -0.15) is 13.2 Å². The minimum atomic E-state index is -4.38. The lowest BCUT2D eigenvalue weighted by Gasteiger charge is -2.23. The molecule has 1 saturated heterocycles. The highest BCUT2D eigenvalue weighted by atomic mass is 19.4. The molecule has 0 atom stereocenters. The highest BCUT2D eigenvalue weighted by Crippen LogP contribution is 2.29. The molecule has 0 radical (unpaired) electrons. The molecule has 1 N–H and O–H groups in total. The van der Waals surface area contributed by atoms with E-state index < -0.39 is 11.7 Å². The molecule has 0 bridgehead atoms. The maximum absolute atomic E-state index is 12.7. The van der Waals surface area contributed by atoms with Gasteiger partial charge in [-0.3, -0.25) is 9.69 Å². The fourth-order valence-corrected chi connectivity index (χ4v) is 3.36. The van der Waals surface area contributed by atoms with Crippen molar-refractivity contribution in [3.05, 3.63) is 59.3 Å². The lowest BCUT2D eigenvalue weighted by Crippen LogP contribution is -2.39. The van der Waals surface area contributed by atoms with Crippen molar-refractivity contribution in [3.63, 3.8) is 0 Å². The number of anilines is 1. The van der Waals surface area contributed by atoms with Crippen molar-refractivity contribution in [2.45, 2.75) is 26.1 Å². The lowest BCUT2D eigenvalue weighted by molar-refractivity contribution is -0.137. The number of pyridine rings is 1. The Bertz CT molecular complexity index is 823. The normalized spacial score (nSPS) is 15.8. The van der Waals surface area contributed by atoms with E-state index in [0.717, 1.165) is 36.4 Å². The van der Waals surface area contributed by atoms with Crippen LogP contribution in [-0.4, -0.2) is 48.5 Å². The van der Waals surface area contributed by atoms with Crippen LogP contribution < -0.4 is 10.2 Å². The van der Waals surface area contributed by atoms with Gasteiger partial charge in [0.2, 0.25) is 5.91 Å². The van der Waals surface area contributed by atoms with E-state index >= 15 is 0 Å². The zero-order chi connectivity index (χ0) is 20.9. The number of amides is 1. The molecular weight excluding hydrogens is 381 g/mol. The van der Waals surface area contributed by atoms with E-state index in [1.165, 1.54) is 6.07 Å². The van der Waals surface area contributed by atoms with Crippen LogP contribution in [0.1, 0.15) is 23.1 Å². The average molecular weight is 406 g/mol. The van der Waals surface area contributed by atoms with E-state index in [1.807, 2.05) is 36.1 Å². The monoisotopic (exact) mass is 406 g/mol. The van der Waals surface area contributed by atoms with E-state index in [4.69, 9.17) is 0 Å². The SMILES string of the molecule is Cc1ccccc1CNC(=O)CN1CCCN(c2ccc(C(F)(F)F)cn2)CC1. The Labute approximate surface area is 168 Å². The molecule has 2 aromatic rings. The highest BCUT2D eigenvalue weighted by molar-refractivity contribution is 5.78. The number of nitrogens with zero attached hydrogens (tertiary/aromatic N) is 3. The fraction of sp³-hybridized carbons (Fsp3) is 0.429. The van der Waals surface area contributed by atoms with Gasteiger partial charge in [-0.05, 0) is 36.6 Å². The van der Waals surface area contributed by atoms with Crippen molar-refractivity contribution < 1.29 is 18.0 Å². The molecule has 1 fully saturated rings. The van der Waals surface area contributed by atoms with Gasteiger partial charge in [0.25, 0.3) is 0 Å². The fourth-order valence-electron chi connectivity index (χ4n) is 3.36. The summed E-state index contributed by atoms with van der Waals surface area (Å²) in [4.78, 5) is 20.3. The summed E-state index contributed by atoms with van der Waals surface area (Å²) < 4.78 is 38.1. The highest BCUT2D eigenvalue weighted by Gasteiger charge is 2.31. The molecule has 1 amide bonds. The van der Waals surface area contributed by atoms with Crippen LogP contribution in [0, 0.1) is 6.92 Å². The summed E-state index contributed by atoms with van der Waals surface area (Å²) in [6.07, 6.45) is -2.70. The van der Waals surface area contributed by atoms with E-state index in [2.05, 4.69) is 15.2 Å². The maximum Gasteiger partial charge on any atom is 0.417 e. The summed E-state index contributed by atoms with van der Waals surface area (Å²) in [5.74, 6) is 0.498. The predicted octanol–water partition coefficient (Wildman–Crippen LogP) is 3.24. The van der Waals surface area contributed by atoms with Crippen LogP contribution >= 0.6 is 0 Å². The first kappa shape index (κ1) is 21.1. The lowest BCUT2D eigenvalue weighted by atomic mass is 10.1. The first-order valence-corrected chi connectivity index (χ1v) is 9.64. The van der Waals surface area contributed by atoms with Gasteiger partial charge in [-0.15, -0.1) is 0 Å². The number of hydrogen-bond donors (Lipinski definition) is 1. The summed E-state index contributed by atoms with van der Waals surface area (Å²) >= 11 is 0. The Balaban J connectivity index is 1.49. The second kappa shape index (κ2) is 9.26. The number of aromatic nitrogens is 1. The van der Waals surface area contributed by atoms with E-state index in [-0.39, 0.29) is 5.91 Å². The Morgan fingerprint density at radius 1 is 1.10 bits per heavy atom. The molecule has 1 aromatic heterocycles. The second-order valence-corrected chi connectivity index (χ2v) is 7.22. The molecule has 29 heavy (non-hydrogen) atoms. The molecule has 1 aliphatic rings. The van der Waals surface area contributed by atoms with Gasteiger partial charge in [-0.25, -0.2) is 4.98 Å². The third-order valence-electron chi connectivity index (χ3n) is 5.09. The molecular formula is C21H25F3N4O. The molecule has 5 nitrogen and oxygen atoms in total. The van der Waals surface area contributed by atoms with Gasteiger partial charge in [0.15, 0.2) is 0 Å². The molecule has 156 valence electrons. The Hall–Kier alpha value is -2.61. The van der Waals surface area contributed by atoms with Gasteiger partial charge in [0, 0.05) is 38.9 Å². The molecule has 0 saturated carbocycles. The molecule has 0 aliphatic carbocycles. The number of nitrogens with one attached hydrogen (secondary N) is 1. The van der Waals surface area contributed by atoms with E-state index in [0.29, 0.717) is 38.5 Å². The first-order chi connectivity index (χ1) is 13.8. The van der Waals surface area contributed by atoms with E-state index in [1.54, 1.807) is 0 Å². The van der Waals surface area contributed by atoms with Crippen molar-refractivity contribution in [2.75, 3.05) is 37.6 Å². The number of rotatable bonds is 5. The third-order valence-corrected chi connectivity index (χ3v) is 5.09. The number of carbonyl (C=O) groups is 1. The summed E-state index contributed by atoms with van der Waals surface area (Å²) in [6.45, 7) is 5.54. The average Bonchev–Trinajstić information content (AvgIpc) is 2.92. The largest absolute Gasteiger partial charge is 0.417 e. The van der Waals surface area contributed by atoms with Crippen molar-refractivity contribution in [2.24, 2.45) is 0 Å². The molecule has 8 heteroatoms. The molecule has 1 aliphatic heterocycles. The summed E-state index contributed by atoms with van der Waals surface area (Å²) in [5.41, 5.74) is 1.49. The van der Waals surface area contributed by atoms with Crippen molar-refractivity contribution >= 4 is 11.7 Å². The predicted molar refractivity (Wildman–Crippen MR) is 106 cm³/mol. The molecule has 0 unspecified atom stereocenters. The number of aryl methyl sites for hydroxylation is 1. The first-order valence-electron chi connectivity index (χ1n) is 9.64. The van der Waals surface area contributed by atoms with Crippen LogP contribution in [-0.2, 0) is 17.5 Å². The van der Waals surface area contributed by atoms with Crippen LogP contribution in [0.5, 0.6) is 0 Å². The summed E-state index contributed by atoms with van der Waals surface area (Å²) in [6, 6.07) is 10.4. The zero-order valence-electron chi connectivity index (χ0n) is 16.4. The standard InChI is InChI=1S/C21H25F3N4O/c1-16-5-2-3-6-17(16)13-26-20(29)15-27-9-4-10-28(12-11-27)19-8-7-18(14-25-19)21(22,23)24/h2-3,5-8,14H,4,9-13,15H2,1H3,(H,26,29). The minimum absolute atomic E-state index is 0.0330. The van der Waals surface area contributed by atoms with Crippen molar-refractivity contribution in [3.8, 4) is 0 Å². The smallest absolute Gasteiger partial charge is 0.355 e. The number of benzene rings is 1. The van der Waals surface area contributed by atoms with Crippen LogP contribution in [0.15, 0.2) is 42.6 Å². The number of hydrogen-bond acceptors (Lipinski definition) is 4. The Morgan fingerprint density at radius 3 is 2.59 bits per heavy atom. The molecule has 2 heterocycles. The van der Waals surface area contributed by atoms with E-state index in [9.17, 15) is 18.0 Å². The summed E-state index contributed by atoms with van der Waals surface area (Å²) in [5, 5.41) is 2.96. The number of halogens is 3. The van der Waals surface area contributed by atoms with Crippen LogP contribution in [0.25, 0.3) is 0 Å². The Kier molecular flexibility index (Phi) is 6.74. The van der Waals surface area contributed by atoms with Crippen molar-refractivity contribution in [1.82, 2.24) is 15.2 Å². The number of alkyl halides is 3. The Morgan fingerprint density at radius 2 is 1.90 bits per heavy atom. The molecule has 0 spiro atoms. The van der Waals surface area contributed by atoms with Crippen molar-refractivity contribution in [1.29, 1.82) is 0 Å². The van der Waals surface area contributed by atoms with Crippen LogP contribution in [0.4, 0.5) is 19.0 Å². The third kappa shape index (κ3) is 5.93. The topological polar surface area (TPSA) is 48.5 Å². The van der Waals surface area contributed by atoms with Crippen LogP contribution in [0.2, 0.25) is 0 Å². The summed E-state index contributed by atoms with van der Waals surface area (Å²) in [7, 11) is 0. The van der Waals surface area contributed by atoms with Gasteiger partial charge in [0.05, 0.1) is 12.1 Å². The minimum Gasteiger partial charge on any atom is -0.355 e.